The second-order valence-corrected chi connectivity index (χ2v) is 14.7. The molecule has 0 spiro atoms. The number of rotatable bonds is 20. The maximum absolute atomic E-state index is 2.53. The molecule has 0 aliphatic heterocycles. The van der Waals surface area contributed by atoms with Gasteiger partial charge < -0.3 is 0 Å². The van der Waals surface area contributed by atoms with Crippen molar-refractivity contribution in [3.8, 4) is 0 Å². The topological polar surface area (TPSA) is 0 Å². The van der Waals surface area contributed by atoms with Gasteiger partial charge in [-0.1, -0.05) is 175 Å². The molecule has 2 aromatic carbocycles. The molecule has 2 aromatic rings. The van der Waals surface area contributed by atoms with Crippen LogP contribution in [0.4, 0.5) is 0 Å². The monoisotopic (exact) mass is 547 g/mol. The molecule has 0 radical (unpaired) electrons. The average molecular weight is 547 g/mol. The zero-order valence-corrected chi connectivity index (χ0v) is 28.1. The fourth-order valence-electron chi connectivity index (χ4n) is 6.33. The molecule has 0 aliphatic rings. The maximum Gasteiger partial charge on any atom is -0.0219 e. The molecule has 226 valence electrons. The summed E-state index contributed by atoms with van der Waals surface area (Å²) in [6.07, 6.45) is 16.5. The van der Waals surface area contributed by atoms with Crippen molar-refractivity contribution >= 4 is 0 Å². The summed E-state index contributed by atoms with van der Waals surface area (Å²) in [7, 11) is 0. The largest absolute Gasteiger partial charge is 0.0628 e. The smallest absolute Gasteiger partial charge is 0.0219 e. The van der Waals surface area contributed by atoms with Crippen molar-refractivity contribution < 1.29 is 0 Å². The first-order valence-corrected chi connectivity index (χ1v) is 17.2. The van der Waals surface area contributed by atoms with E-state index in [-0.39, 0.29) is 0 Å². The van der Waals surface area contributed by atoms with Gasteiger partial charge in [0.05, 0.1) is 0 Å². The first-order chi connectivity index (χ1) is 19.0. The fraction of sp³-hybridized carbons (Fsp3) is 0.700. The van der Waals surface area contributed by atoms with E-state index in [4.69, 9.17) is 0 Å². The van der Waals surface area contributed by atoms with Crippen molar-refractivity contribution in [2.24, 2.45) is 29.6 Å². The molecule has 0 heterocycles. The van der Waals surface area contributed by atoms with Crippen LogP contribution in [-0.2, 0) is 12.8 Å². The number of benzene rings is 2. The molecule has 0 aliphatic carbocycles. The van der Waals surface area contributed by atoms with Crippen molar-refractivity contribution in [1.82, 2.24) is 0 Å². The second-order valence-electron chi connectivity index (χ2n) is 14.7. The van der Waals surface area contributed by atoms with Gasteiger partial charge in [0.2, 0.25) is 0 Å². The lowest BCUT2D eigenvalue weighted by Crippen LogP contribution is -2.18. The van der Waals surface area contributed by atoms with Crippen LogP contribution in [0.3, 0.4) is 0 Å². The third-order valence-corrected chi connectivity index (χ3v) is 9.57. The highest BCUT2D eigenvalue weighted by Gasteiger charge is 2.19. The Balaban J connectivity index is 1.83. The minimum Gasteiger partial charge on any atom is -0.0628 e. The minimum absolute atomic E-state index is 0.600. The summed E-state index contributed by atoms with van der Waals surface area (Å²) < 4.78 is 0. The maximum atomic E-state index is 2.53. The van der Waals surface area contributed by atoms with Crippen LogP contribution in [-0.4, -0.2) is 0 Å². The highest BCUT2D eigenvalue weighted by atomic mass is 14.2. The van der Waals surface area contributed by atoms with Gasteiger partial charge in [-0.25, -0.2) is 0 Å². The predicted octanol–water partition coefficient (Wildman–Crippen LogP) is 12.8. The first-order valence-electron chi connectivity index (χ1n) is 17.2. The molecule has 0 aromatic heterocycles. The summed E-state index contributed by atoms with van der Waals surface area (Å²) in [4.78, 5) is 0. The standard InChI is InChI=1S/C40H66/c1-30(2)14-12-17-33(7)15-10-11-16-34(8)18-13-19-35(9)40(28-36-20-24-38(25-21-36)31(3)4)29-37-22-26-39(27-23-37)32(5)6/h20-27,30-35,40H,10-19,28-29H2,1-9H3. The third kappa shape index (κ3) is 13.9. The summed E-state index contributed by atoms with van der Waals surface area (Å²) in [5.74, 6) is 5.28. The van der Waals surface area contributed by atoms with Crippen LogP contribution in [0, 0.1) is 29.6 Å². The summed E-state index contributed by atoms with van der Waals surface area (Å²) in [6, 6.07) is 19.0. The molecule has 0 amide bonds. The number of hydrogen-bond acceptors (Lipinski definition) is 0. The zero-order chi connectivity index (χ0) is 29.5. The van der Waals surface area contributed by atoms with Gasteiger partial charge in [0.25, 0.3) is 0 Å². The van der Waals surface area contributed by atoms with E-state index < -0.39 is 0 Å². The van der Waals surface area contributed by atoms with E-state index >= 15 is 0 Å². The molecule has 0 fully saturated rings. The molecule has 3 atom stereocenters. The summed E-state index contributed by atoms with van der Waals surface area (Å²) >= 11 is 0. The molecule has 40 heavy (non-hydrogen) atoms. The number of unbranched alkanes of at least 4 members (excludes halogenated alkanes) is 1. The van der Waals surface area contributed by atoms with Crippen LogP contribution in [0.1, 0.15) is 161 Å². The quantitative estimate of drug-likeness (QED) is 0.145. The van der Waals surface area contributed by atoms with Gasteiger partial charge in [-0.3, -0.25) is 0 Å². The van der Waals surface area contributed by atoms with Crippen LogP contribution < -0.4 is 0 Å². The first kappa shape index (κ1) is 34.6. The van der Waals surface area contributed by atoms with Crippen LogP contribution >= 0.6 is 0 Å². The molecule has 0 saturated heterocycles. The highest BCUT2D eigenvalue weighted by molar-refractivity contribution is 5.27. The summed E-state index contributed by atoms with van der Waals surface area (Å²) in [5, 5.41) is 0. The Morgan fingerprint density at radius 1 is 0.425 bits per heavy atom. The Bertz CT molecular complexity index is 831. The molecular weight excluding hydrogens is 480 g/mol. The van der Waals surface area contributed by atoms with Crippen LogP contribution in [0.15, 0.2) is 48.5 Å². The van der Waals surface area contributed by atoms with E-state index in [1.807, 2.05) is 0 Å². The molecule has 0 heteroatoms. The van der Waals surface area contributed by atoms with Crippen molar-refractivity contribution in [3.63, 3.8) is 0 Å². The Hall–Kier alpha value is -1.56. The molecule has 0 N–H and O–H groups in total. The lowest BCUT2D eigenvalue weighted by Gasteiger charge is -2.25. The molecular formula is C40H66. The molecule has 0 nitrogen and oxygen atoms in total. The molecule has 0 bridgehead atoms. The van der Waals surface area contributed by atoms with Gasteiger partial charge in [0.1, 0.15) is 0 Å². The van der Waals surface area contributed by atoms with Gasteiger partial charge in [-0.05, 0) is 76.5 Å². The lowest BCUT2D eigenvalue weighted by atomic mass is 9.80. The van der Waals surface area contributed by atoms with Crippen LogP contribution in [0.2, 0.25) is 0 Å². The SMILES string of the molecule is CC(C)CCCC(C)CCCCC(C)CCCC(C)C(Cc1ccc(C(C)C)cc1)Cc1ccc(C(C)C)cc1. The van der Waals surface area contributed by atoms with E-state index in [0.717, 1.165) is 23.7 Å². The Kier molecular flexibility index (Phi) is 16.3. The third-order valence-electron chi connectivity index (χ3n) is 9.57. The molecule has 2 rings (SSSR count). The predicted molar refractivity (Wildman–Crippen MR) is 180 cm³/mol. The van der Waals surface area contributed by atoms with E-state index in [0.29, 0.717) is 17.8 Å². The normalized spacial score (nSPS) is 14.4. The Morgan fingerprint density at radius 3 is 1.18 bits per heavy atom. The van der Waals surface area contributed by atoms with Crippen molar-refractivity contribution in [2.45, 2.75) is 151 Å². The van der Waals surface area contributed by atoms with Gasteiger partial charge in [0, 0.05) is 0 Å². The second kappa shape index (κ2) is 18.8. The van der Waals surface area contributed by atoms with Crippen LogP contribution in [0.25, 0.3) is 0 Å². The van der Waals surface area contributed by atoms with E-state index in [2.05, 4.69) is 111 Å². The molecule has 0 saturated carbocycles. The number of hydrogen-bond donors (Lipinski definition) is 0. The van der Waals surface area contributed by atoms with Crippen molar-refractivity contribution in [3.05, 3.63) is 70.8 Å². The van der Waals surface area contributed by atoms with Crippen molar-refractivity contribution in [2.75, 3.05) is 0 Å². The lowest BCUT2D eigenvalue weighted by molar-refractivity contribution is 0.311. The van der Waals surface area contributed by atoms with E-state index in [1.54, 1.807) is 0 Å². The van der Waals surface area contributed by atoms with Crippen LogP contribution in [0.5, 0.6) is 0 Å². The molecule has 3 unspecified atom stereocenters. The summed E-state index contributed by atoms with van der Waals surface area (Å²) in [5.41, 5.74) is 5.91. The van der Waals surface area contributed by atoms with Crippen molar-refractivity contribution in [1.29, 1.82) is 0 Å². The Morgan fingerprint density at radius 2 is 0.800 bits per heavy atom. The van der Waals surface area contributed by atoms with Gasteiger partial charge >= 0.3 is 0 Å². The minimum atomic E-state index is 0.600. The van der Waals surface area contributed by atoms with E-state index in [9.17, 15) is 0 Å². The average Bonchev–Trinajstić information content (AvgIpc) is 2.91. The van der Waals surface area contributed by atoms with Gasteiger partial charge in [0.15, 0.2) is 0 Å². The Labute approximate surface area is 251 Å². The van der Waals surface area contributed by atoms with Gasteiger partial charge in [-0.2, -0.15) is 0 Å². The van der Waals surface area contributed by atoms with E-state index in [1.165, 1.54) is 99.3 Å². The summed E-state index contributed by atoms with van der Waals surface area (Å²) in [6.45, 7) is 21.4. The highest BCUT2D eigenvalue weighted by Crippen LogP contribution is 2.29. The van der Waals surface area contributed by atoms with Gasteiger partial charge in [-0.15, -0.1) is 0 Å². The zero-order valence-electron chi connectivity index (χ0n) is 28.1. The fourth-order valence-corrected chi connectivity index (χ4v) is 6.33.